The van der Waals surface area contributed by atoms with Crippen molar-refractivity contribution < 1.29 is 0 Å². The number of benzene rings is 1. The van der Waals surface area contributed by atoms with Gasteiger partial charge in [-0.25, -0.2) is 0 Å². The molecule has 0 spiro atoms. The van der Waals surface area contributed by atoms with Crippen LogP contribution in [0.25, 0.3) is 0 Å². The van der Waals surface area contributed by atoms with Crippen LogP contribution in [0.2, 0.25) is 0 Å². The number of nitrogens with one attached hydrogen (secondary N) is 1. The molecule has 2 rings (SSSR count). The van der Waals surface area contributed by atoms with Crippen LogP contribution in [0.15, 0.2) is 24.3 Å². The van der Waals surface area contributed by atoms with Crippen molar-refractivity contribution in [2.45, 2.75) is 71.9 Å². The van der Waals surface area contributed by atoms with E-state index in [0.717, 1.165) is 0 Å². The van der Waals surface area contributed by atoms with E-state index in [1.165, 1.54) is 31.2 Å². The first-order valence-corrected chi connectivity index (χ1v) is 7.60. The maximum atomic E-state index is 3.89. The highest BCUT2D eigenvalue weighted by Crippen LogP contribution is 2.29. The van der Waals surface area contributed by atoms with Crippen LogP contribution in [-0.2, 0) is 12.8 Å². The lowest BCUT2D eigenvalue weighted by Gasteiger charge is -2.38. The van der Waals surface area contributed by atoms with E-state index in [1.54, 1.807) is 5.56 Å². The molecule has 1 nitrogen and oxygen atoms in total. The van der Waals surface area contributed by atoms with E-state index in [0.29, 0.717) is 11.5 Å². The molecular weight excluding hydrogens is 230 g/mol. The maximum Gasteiger partial charge on any atom is 0.0132 e. The Morgan fingerprint density at radius 3 is 2.32 bits per heavy atom. The Morgan fingerprint density at radius 2 is 1.68 bits per heavy atom. The van der Waals surface area contributed by atoms with Gasteiger partial charge in [-0.3, -0.25) is 0 Å². The summed E-state index contributed by atoms with van der Waals surface area (Å²) >= 11 is 0. The van der Waals surface area contributed by atoms with Crippen molar-refractivity contribution in [2.75, 3.05) is 0 Å². The van der Waals surface area contributed by atoms with Crippen LogP contribution < -0.4 is 5.32 Å². The maximum absolute atomic E-state index is 3.89. The third kappa shape index (κ3) is 4.35. The molecule has 0 aromatic heterocycles. The van der Waals surface area contributed by atoms with Crippen molar-refractivity contribution in [1.82, 2.24) is 5.32 Å². The second-order valence-corrected chi connectivity index (χ2v) is 7.97. The van der Waals surface area contributed by atoms with Crippen molar-refractivity contribution in [3.8, 4) is 0 Å². The molecule has 1 aromatic carbocycles. The molecule has 0 bridgehead atoms. The molecule has 19 heavy (non-hydrogen) atoms. The first kappa shape index (κ1) is 14.6. The fourth-order valence-electron chi connectivity index (χ4n) is 3.75. The van der Waals surface area contributed by atoms with Crippen LogP contribution >= 0.6 is 0 Å². The van der Waals surface area contributed by atoms with E-state index in [9.17, 15) is 0 Å². The summed E-state index contributed by atoms with van der Waals surface area (Å²) in [5, 5.41) is 3.89. The van der Waals surface area contributed by atoms with Gasteiger partial charge >= 0.3 is 0 Å². The Balaban J connectivity index is 1.98. The van der Waals surface area contributed by atoms with Gasteiger partial charge < -0.3 is 5.32 Å². The Bertz CT molecular complexity index is 426. The second-order valence-electron chi connectivity index (χ2n) is 7.97. The highest BCUT2D eigenvalue weighted by molar-refractivity contribution is 5.30. The summed E-state index contributed by atoms with van der Waals surface area (Å²) in [6, 6.07) is 9.54. The van der Waals surface area contributed by atoms with E-state index in [1.807, 2.05) is 0 Å². The molecule has 0 amide bonds. The molecule has 1 atom stereocenters. The third-order valence-corrected chi connectivity index (χ3v) is 3.91. The SMILES string of the molecule is CC(C)(C)CC(C)(C)NC1CCc2ccccc2C1. The van der Waals surface area contributed by atoms with E-state index >= 15 is 0 Å². The minimum Gasteiger partial charge on any atom is -0.309 e. The number of fused-ring (bicyclic) bond motifs is 1. The van der Waals surface area contributed by atoms with Gasteiger partial charge in [-0.2, -0.15) is 0 Å². The second kappa shape index (κ2) is 5.28. The Kier molecular flexibility index (Phi) is 4.06. The number of rotatable bonds is 3. The molecule has 0 aliphatic heterocycles. The van der Waals surface area contributed by atoms with Crippen LogP contribution in [0.5, 0.6) is 0 Å². The zero-order chi connectivity index (χ0) is 14.1. The molecule has 0 heterocycles. The average Bonchev–Trinajstić information content (AvgIpc) is 2.24. The Hall–Kier alpha value is -0.820. The molecule has 1 aromatic rings. The topological polar surface area (TPSA) is 12.0 Å². The molecule has 0 fully saturated rings. The molecule has 0 saturated heterocycles. The van der Waals surface area contributed by atoms with E-state index in [4.69, 9.17) is 0 Å². The average molecular weight is 259 g/mol. The highest BCUT2D eigenvalue weighted by Gasteiger charge is 2.29. The molecule has 0 radical (unpaired) electrons. The summed E-state index contributed by atoms with van der Waals surface area (Å²) in [5.41, 5.74) is 3.69. The molecule has 1 N–H and O–H groups in total. The summed E-state index contributed by atoms with van der Waals surface area (Å²) in [6.07, 6.45) is 4.88. The van der Waals surface area contributed by atoms with Crippen LogP contribution in [-0.4, -0.2) is 11.6 Å². The number of hydrogen-bond donors (Lipinski definition) is 1. The van der Waals surface area contributed by atoms with Crippen molar-refractivity contribution in [3.63, 3.8) is 0 Å². The van der Waals surface area contributed by atoms with Crippen LogP contribution in [0.4, 0.5) is 0 Å². The lowest BCUT2D eigenvalue weighted by atomic mass is 9.80. The fourth-order valence-corrected chi connectivity index (χ4v) is 3.75. The molecule has 1 heteroatoms. The molecule has 1 aliphatic rings. The lowest BCUT2D eigenvalue weighted by Crippen LogP contribution is -2.49. The van der Waals surface area contributed by atoms with Gasteiger partial charge in [0, 0.05) is 11.6 Å². The molecular formula is C18H29N. The van der Waals surface area contributed by atoms with Gasteiger partial charge in [-0.1, -0.05) is 45.0 Å². The van der Waals surface area contributed by atoms with Gasteiger partial charge in [0.2, 0.25) is 0 Å². The monoisotopic (exact) mass is 259 g/mol. The van der Waals surface area contributed by atoms with Crippen molar-refractivity contribution >= 4 is 0 Å². The van der Waals surface area contributed by atoms with Gasteiger partial charge in [-0.05, 0) is 56.1 Å². The predicted molar refractivity (Wildman–Crippen MR) is 83.5 cm³/mol. The fraction of sp³-hybridized carbons (Fsp3) is 0.667. The standard InChI is InChI=1S/C18H29N/c1-17(2,3)13-18(4,5)19-16-11-10-14-8-6-7-9-15(14)12-16/h6-9,16,19H,10-13H2,1-5H3. The number of hydrogen-bond acceptors (Lipinski definition) is 1. The highest BCUT2D eigenvalue weighted by atomic mass is 15.0. The normalized spacial score (nSPS) is 20.2. The lowest BCUT2D eigenvalue weighted by molar-refractivity contribution is 0.216. The van der Waals surface area contributed by atoms with Crippen LogP contribution in [0.3, 0.4) is 0 Å². The van der Waals surface area contributed by atoms with Gasteiger partial charge in [0.1, 0.15) is 0 Å². The molecule has 1 aliphatic carbocycles. The van der Waals surface area contributed by atoms with Crippen molar-refractivity contribution in [2.24, 2.45) is 5.41 Å². The quantitative estimate of drug-likeness (QED) is 0.851. The summed E-state index contributed by atoms with van der Waals surface area (Å²) in [7, 11) is 0. The van der Waals surface area contributed by atoms with Gasteiger partial charge in [0.05, 0.1) is 0 Å². The van der Waals surface area contributed by atoms with E-state index < -0.39 is 0 Å². The number of aryl methyl sites for hydroxylation is 1. The third-order valence-electron chi connectivity index (χ3n) is 3.91. The first-order valence-electron chi connectivity index (χ1n) is 7.60. The van der Waals surface area contributed by atoms with Crippen molar-refractivity contribution in [3.05, 3.63) is 35.4 Å². The first-order chi connectivity index (χ1) is 8.75. The Morgan fingerprint density at radius 1 is 1.05 bits per heavy atom. The minimum atomic E-state index is 0.217. The van der Waals surface area contributed by atoms with Crippen LogP contribution in [0.1, 0.15) is 58.6 Å². The summed E-state index contributed by atoms with van der Waals surface area (Å²) in [6.45, 7) is 11.7. The van der Waals surface area contributed by atoms with E-state index in [2.05, 4.69) is 64.2 Å². The zero-order valence-electron chi connectivity index (χ0n) is 13.2. The Labute approximate surface area is 118 Å². The van der Waals surface area contributed by atoms with Crippen molar-refractivity contribution in [1.29, 1.82) is 0 Å². The predicted octanol–water partition coefficient (Wildman–Crippen LogP) is 4.35. The smallest absolute Gasteiger partial charge is 0.0132 e. The van der Waals surface area contributed by atoms with Crippen LogP contribution in [0, 0.1) is 5.41 Å². The summed E-state index contributed by atoms with van der Waals surface area (Å²) < 4.78 is 0. The molecule has 106 valence electrons. The molecule has 1 unspecified atom stereocenters. The summed E-state index contributed by atoms with van der Waals surface area (Å²) in [5.74, 6) is 0. The van der Waals surface area contributed by atoms with E-state index in [-0.39, 0.29) is 5.54 Å². The zero-order valence-corrected chi connectivity index (χ0v) is 13.2. The largest absolute Gasteiger partial charge is 0.309 e. The summed E-state index contributed by atoms with van der Waals surface area (Å²) in [4.78, 5) is 0. The van der Waals surface area contributed by atoms with Gasteiger partial charge in [-0.15, -0.1) is 0 Å². The minimum absolute atomic E-state index is 0.217. The van der Waals surface area contributed by atoms with Gasteiger partial charge in [0.25, 0.3) is 0 Å². The molecule has 0 saturated carbocycles. The van der Waals surface area contributed by atoms with Gasteiger partial charge in [0.15, 0.2) is 0 Å².